The molecule has 4 rings (SSSR count). The first kappa shape index (κ1) is 16.0. The van der Waals surface area contributed by atoms with Crippen molar-refractivity contribution in [3.05, 3.63) is 90.6 Å². The molecule has 0 aliphatic rings. The van der Waals surface area contributed by atoms with Crippen LogP contribution in [0.5, 0.6) is 0 Å². The standard InChI is InChI=1S/C22H19N3O/c26-22(14-16-15-23-19-11-5-4-10-18(16)19)25-21-13-7-6-12-20(21)24-17-8-2-1-3-9-17/h1-13,15,23-24H,14H2,(H,25,26). The number of carbonyl (C=O) groups excluding carboxylic acids is 1. The molecule has 4 heteroatoms. The van der Waals surface area contributed by atoms with E-state index in [1.165, 1.54) is 0 Å². The van der Waals surface area contributed by atoms with Gasteiger partial charge in [-0.05, 0) is 35.9 Å². The fraction of sp³-hybridized carbons (Fsp3) is 0.0455. The fourth-order valence-corrected chi connectivity index (χ4v) is 3.02. The number of fused-ring (bicyclic) bond motifs is 1. The van der Waals surface area contributed by atoms with Crippen molar-refractivity contribution in [1.29, 1.82) is 0 Å². The van der Waals surface area contributed by atoms with Gasteiger partial charge < -0.3 is 15.6 Å². The average Bonchev–Trinajstić information content (AvgIpc) is 3.07. The van der Waals surface area contributed by atoms with Gasteiger partial charge in [-0.15, -0.1) is 0 Å². The minimum Gasteiger partial charge on any atom is -0.361 e. The molecule has 0 atom stereocenters. The van der Waals surface area contributed by atoms with Crippen molar-refractivity contribution in [2.24, 2.45) is 0 Å². The molecule has 0 bridgehead atoms. The zero-order chi connectivity index (χ0) is 17.8. The molecule has 0 radical (unpaired) electrons. The van der Waals surface area contributed by atoms with Gasteiger partial charge in [0.2, 0.25) is 5.91 Å². The number of hydrogen-bond acceptors (Lipinski definition) is 2. The van der Waals surface area contributed by atoms with Gasteiger partial charge in [0.05, 0.1) is 17.8 Å². The second-order valence-electron chi connectivity index (χ2n) is 6.12. The van der Waals surface area contributed by atoms with E-state index >= 15 is 0 Å². The SMILES string of the molecule is O=C(Cc1c[nH]c2ccccc12)Nc1ccccc1Nc1ccccc1. The first-order chi connectivity index (χ1) is 12.8. The Balaban J connectivity index is 1.51. The molecule has 128 valence electrons. The van der Waals surface area contributed by atoms with E-state index in [1.807, 2.05) is 85.1 Å². The molecular weight excluding hydrogens is 322 g/mol. The van der Waals surface area contributed by atoms with Crippen molar-refractivity contribution in [2.75, 3.05) is 10.6 Å². The Labute approximate surface area is 151 Å². The molecule has 0 saturated heterocycles. The number of carbonyl (C=O) groups is 1. The lowest BCUT2D eigenvalue weighted by Gasteiger charge is -2.13. The second kappa shape index (κ2) is 7.15. The summed E-state index contributed by atoms with van der Waals surface area (Å²) >= 11 is 0. The molecule has 1 amide bonds. The second-order valence-corrected chi connectivity index (χ2v) is 6.12. The zero-order valence-electron chi connectivity index (χ0n) is 14.2. The number of nitrogens with one attached hydrogen (secondary N) is 3. The van der Waals surface area contributed by atoms with Gasteiger partial charge >= 0.3 is 0 Å². The molecule has 26 heavy (non-hydrogen) atoms. The minimum absolute atomic E-state index is 0.0444. The van der Waals surface area contributed by atoms with Crippen LogP contribution in [-0.2, 0) is 11.2 Å². The van der Waals surface area contributed by atoms with Crippen LogP contribution in [-0.4, -0.2) is 10.9 Å². The topological polar surface area (TPSA) is 56.9 Å². The van der Waals surface area contributed by atoms with Crippen LogP contribution in [0.4, 0.5) is 17.1 Å². The van der Waals surface area contributed by atoms with Crippen molar-refractivity contribution in [2.45, 2.75) is 6.42 Å². The fourth-order valence-electron chi connectivity index (χ4n) is 3.02. The van der Waals surface area contributed by atoms with Crippen molar-refractivity contribution < 1.29 is 4.79 Å². The largest absolute Gasteiger partial charge is 0.361 e. The van der Waals surface area contributed by atoms with Gasteiger partial charge in [-0.1, -0.05) is 48.5 Å². The van der Waals surface area contributed by atoms with Gasteiger partial charge in [0.1, 0.15) is 0 Å². The van der Waals surface area contributed by atoms with Crippen LogP contribution in [0.3, 0.4) is 0 Å². The molecule has 0 spiro atoms. The Bertz CT molecular complexity index is 1040. The van der Waals surface area contributed by atoms with Crippen LogP contribution in [0.2, 0.25) is 0 Å². The molecule has 0 unspecified atom stereocenters. The lowest BCUT2D eigenvalue weighted by molar-refractivity contribution is -0.115. The maximum atomic E-state index is 12.6. The van der Waals surface area contributed by atoms with E-state index < -0.39 is 0 Å². The predicted molar refractivity (Wildman–Crippen MR) is 107 cm³/mol. The number of aromatic amines is 1. The molecule has 4 nitrogen and oxygen atoms in total. The number of benzene rings is 3. The molecule has 0 saturated carbocycles. The van der Waals surface area contributed by atoms with E-state index in [0.717, 1.165) is 33.5 Å². The number of amides is 1. The zero-order valence-corrected chi connectivity index (χ0v) is 14.2. The van der Waals surface area contributed by atoms with Crippen molar-refractivity contribution in [1.82, 2.24) is 4.98 Å². The van der Waals surface area contributed by atoms with Crippen molar-refractivity contribution >= 4 is 33.9 Å². The first-order valence-electron chi connectivity index (χ1n) is 8.55. The summed E-state index contributed by atoms with van der Waals surface area (Å²) in [5, 5.41) is 7.45. The third kappa shape index (κ3) is 3.44. The normalized spacial score (nSPS) is 10.6. The van der Waals surface area contributed by atoms with Crippen LogP contribution < -0.4 is 10.6 Å². The molecule has 3 N–H and O–H groups in total. The van der Waals surface area contributed by atoms with Gasteiger partial charge in [0.15, 0.2) is 0 Å². The van der Waals surface area contributed by atoms with Crippen LogP contribution in [0.1, 0.15) is 5.56 Å². The van der Waals surface area contributed by atoms with Crippen LogP contribution in [0, 0.1) is 0 Å². The van der Waals surface area contributed by atoms with E-state index in [9.17, 15) is 4.79 Å². The summed E-state index contributed by atoms with van der Waals surface area (Å²) in [6, 6.07) is 25.6. The predicted octanol–water partition coefficient (Wildman–Crippen LogP) is 5.09. The Kier molecular flexibility index (Phi) is 4.39. The molecule has 1 aromatic heterocycles. The number of aromatic nitrogens is 1. The molecular formula is C22H19N3O. The smallest absolute Gasteiger partial charge is 0.228 e. The van der Waals surface area contributed by atoms with Crippen LogP contribution in [0.25, 0.3) is 10.9 Å². The number of H-pyrrole nitrogens is 1. The van der Waals surface area contributed by atoms with E-state index in [-0.39, 0.29) is 5.91 Å². The van der Waals surface area contributed by atoms with Crippen molar-refractivity contribution in [3.63, 3.8) is 0 Å². The number of hydrogen-bond donors (Lipinski definition) is 3. The summed E-state index contributed by atoms with van der Waals surface area (Å²) < 4.78 is 0. The number of anilines is 3. The summed E-state index contributed by atoms with van der Waals surface area (Å²) in [7, 11) is 0. The lowest BCUT2D eigenvalue weighted by atomic mass is 10.1. The summed E-state index contributed by atoms with van der Waals surface area (Å²) in [6.45, 7) is 0. The van der Waals surface area contributed by atoms with Gasteiger partial charge in [-0.25, -0.2) is 0 Å². The number of para-hydroxylation sites is 4. The first-order valence-corrected chi connectivity index (χ1v) is 8.55. The third-order valence-electron chi connectivity index (χ3n) is 4.28. The van der Waals surface area contributed by atoms with E-state index in [2.05, 4.69) is 15.6 Å². The molecule has 3 aromatic carbocycles. The molecule has 1 heterocycles. The Morgan fingerprint density at radius 2 is 1.50 bits per heavy atom. The molecule has 0 aliphatic carbocycles. The van der Waals surface area contributed by atoms with Crippen molar-refractivity contribution in [3.8, 4) is 0 Å². The maximum Gasteiger partial charge on any atom is 0.228 e. The molecule has 4 aromatic rings. The van der Waals surface area contributed by atoms with Gasteiger partial charge in [0, 0.05) is 22.8 Å². The van der Waals surface area contributed by atoms with Crippen LogP contribution in [0.15, 0.2) is 85.1 Å². The van der Waals surface area contributed by atoms with E-state index in [1.54, 1.807) is 0 Å². The Morgan fingerprint density at radius 1 is 0.808 bits per heavy atom. The Hall–Kier alpha value is -3.53. The highest BCUT2D eigenvalue weighted by Gasteiger charge is 2.11. The van der Waals surface area contributed by atoms with Gasteiger partial charge in [-0.2, -0.15) is 0 Å². The average molecular weight is 341 g/mol. The summed E-state index contributed by atoms with van der Waals surface area (Å²) in [5.74, 6) is -0.0444. The monoisotopic (exact) mass is 341 g/mol. The van der Waals surface area contributed by atoms with Gasteiger partial charge in [-0.3, -0.25) is 4.79 Å². The third-order valence-corrected chi connectivity index (χ3v) is 4.28. The highest BCUT2D eigenvalue weighted by Crippen LogP contribution is 2.26. The highest BCUT2D eigenvalue weighted by molar-refractivity contribution is 5.98. The maximum absolute atomic E-state index is 12.6. The molecule has 0 aliphatic heterocycles. The summed E-state index contributed by atoms with van der Waals surface area (Å²) in [5.41, 5.74) is 4.64. The summed E-state index contributed by atoms with van der Waals surface area (Å²) in [6.07, 6.45) is 2.22. The number of rotatable bonds is 5. The van der Waals surface area contributed by atoms with E-state index in [0.29, 0.717) is 6.42 Å². The minimum atomic E-state index is -0.0444. The molecule has 0 fully saturated rings. The van der Waals surface area contributed by atoms with E-state index in [4.69, 9.17) is 0 Å². The highest BCUT2D eigenvalue weighted by atomic mass is 16.1. The summed E-state index contributed by atoms with van der Waals surface area (Å²) in [4.78, 5) is 15.8. The quantitative estimate of drug-likeness (QED) is 0.473. The van der Waals surface area contributed by atoms with Crippen LogP contribution >= 0.6 is 0 Å². The van der Waals surface area contributed by atoms with Gasteiger partial charge in [0.25, 0.3) is 0 Å². The Morgan fingerprint density at radius 3 is 2.35 bits per heavy atom. The lowest BCUT2D eigenvalue weighted by Crippen LogP contribution is -2.15.